The molecule has 0 aromatic heterocycles. The van der Waals surface area contributed by atoms with Crippen molar-refractivity contribution in [3.63, 3.8) is 0 Å². The van der Waals surface area contributed by atoms with Gasteiger partial charge in [-0.2, -0.15) is 0 Å². The number of benzene rings is 2. The van der Waals surface area contributed by atoms with E-state index in [1.54, 1.807) is 0 Å². The van der Waals surface area contributed by atoms with E-state index in [1.165, 1.54) is 23.2 Å². The Labute approximate surface area is 128 Å². The van der Waals surface area contributed by atoms with Gasteiger partial charge in [0.25, 0.3) is 0 Å². The Morgan fingerprint density at radius 3 is 2.19 bits per heavy atom. The molecule has 0 aliphatic carbocycles. The zero-order valence-electron chi connectivity index (χ0n) is 13.3. The lowest BCUT2D eigenvalue weighted by Gasteiger charge is -2.15. The van der Waals surface area contributed by atoms with Crippen LogP contribution < -0.4 is 10.2 Å². The Kier molecular flexibility index (Phi) is 5.82. The number of hydrogen-bond donors (Lipinski definition) is 1. The zero-order chi connectivity index (χ0) is 15.1. The molecule has 0 spiro atoms. The molecule has 0 amide bonds. The molecule has 1 N–H and O–H groups in total. The van der Waals surface area contributed by atoms with Crippen LogP contribution in [0.4, 0.5) is 5.69 Å². The van der Waals surface area contributed by atoms with Gasteiger partial charge in [-0.1, -0.05) is 42.5 Å². The maximum absolute atomic E-state index is 3.60. The standard InChI is InChI=1S/C19H26N2/c1-16(9-10-17-7-5-4-6-8-17)20-15-18-11-13-19(14-12-18)21(2)3/h4-8,11-14,16,20H,9-10,15H2,1-3H3/t16-/m0/s1. The van der Waals surface area contributed by atoms with Crippen molar-refractivity contribution in [3.8, 4) is 0 Å². The smallest absolute Gasteiger partial charge is 0.0361 e. The highest BCUT2D eigenvalue weighted by Crippen LogP contribution is 2.12. The molecule has 2 aromatic rings. The third kappa shape index (κ3) is 5.24. The molecule has 2 nitrogen and oxygen atoms in total. The van der Waals surface area contributed by atoms with Crippen molar-refractivity contribution < 1.29 is 0 Å². The van der Waals surface area contributed by atoms with Crippen LogP contribution in [0.3, 0.4) is 0 Å². The van der Waals surface area contributed by atoms with Crippen LogP contribution in [-0.2, 0) is 13.0 Å². The zero-order valence-corrected chi connectivity index (χ0v) is 13.3. The first-order chi connectivity index (χ1) is 10.1. The quantitative estimate of drug-likeness (QED) is 0.829. The van der Waals surface area contributed by atoms with E-state index in [0.29, 0.717) is 6.04 Å². The number of hydrogen-bond acceptors (Lipinski definition) is 2. The highest BCUT2D eigenvalue weighted by Gasteiger charge is 2.03. The van der Waals surface area contributed by atoms with Gasteiger partial charge in [0.2, 0.25) is 0 Å². The van der Waals surface area contributed by atoms with E-state index in [1.807, 2.05) is 0 Å². The van der Waals surface area contributed by atoms with E-state index >= 15 is 0 Å². The number of nitrogens with zero attached hydrogens (tertiary/aromatic N) is 1. The molecule has 0 bridgehead atoms. The third-order valence-corrected chi connectivity index (χ3v) is 3.82. The summed E-state index contributed by atoms with van der Waals surface area (Å²) in [6.07, 6.45) is 2.30. The first kappa shape index (κ1) is 15.6. The predicted octanol–water partition coefficient (Wildman–Crippen LogP) is 3.86. The van der Waals surface area contributed by atoms with E-state index < -0.39 is 0 Å². The molecule has 2 heteroatoms. The van der Waals surface area contributed by atoms with E-state index in [9.17, 15) is 0 Å². The Morgan fingerprint density at radius 1 is 0.905 bits per heavy atom. The second-order valence-electron chi connectivity index (χ2n) is 5.87. The Bertz CT molecular complexity index is 517. The third-order valence-electron chi connectivity index (χ3n) is 3.82. The number of anilines is 1. The van der Waals surface area contributed by atoms with Crippen molar-refractivity contribution in [2.45, 2.75) is 32.4 Å². The van der Waals surface area contributed by atoms with Crippen LogP contribution in [0.2, 0.25) is 0 Å². The lowest BCUT2D eigenvalue weighted by Crippen LogP contribution is -2.26. The van der Waals surface area contributed by atoms with E-state index in [0.717, 1.165) is 13.0 Å². The van der Waals surface area contributed by atoms with Crippen LogP contribution in [0.15, 0.2) is 54.6 Å². The van der Waals surface area contributed by atoms with Gasteiger partial charge in [0.1, 0.15) is 0 Å². The molecule has 2 aromatic carbocycles. The maximum atomic E-state index is 3.60. The van der Waals surface area contributed by atoms with E-state index in [-0.39, 0.29) is 0 Å². The summed E-state index contributed by atoms with van der Waals surface area (Å²) in [5.74, 6) is 0. The van der Waals surface area contributed by atoms with Crippen LogP contribution in [0.5, 0.6) is 0 Å². The van der Waals surface area contributed by atoms with Crippen molar-refractivity contribution in [1.29, 1.82) is 0 Å². The molecular formula is C19H26N2. The van der Waals surface area contributed by atoms with Crippen molar-refractivity contribution in [3.05, 3.63) is 65.7 Å². The van der Waals surface area contributed by atoms with Crippen LogP contribution in [0.25, 0.3) is 0 Å². The fraction of sp³-hybridized carbons (Fsp3) is 0.368. The van der Waals surface area contributed by atoms with Crippen molar-refractivity contribution in [2.75, 3.05) is 19.0 Å². The van der Waals surface area contributed by atoms with Gasteiger partial charge in [0.05, 0.1) is 0 Å². The normalized spacial score (nSPS) is 12.1. The van der Waals surface area contributed by atoms with Crippen molar-refractivity contribution in [1.82, 2.24) is 5.32 Å². The SMILES string of the molecule is C[C@@H](CCc1ccccc1)NCc1ccc(N(C)C)cc1. The summed E-state index contributed by atoms with van der Waals surface area (Å²) in [5, 5.41) is 3.60. The highest BCUT2D eigenvalue weighted by atomic mass is 15.1. The maximum Gasteiger partial charge on any atom is 0.0361 e. The lowest BCUT2D eigenvalue weighted by atomic mass is 10.1. The van der Waals surface area contributed by atoms with Gasteiger partial charge in [-0.3, -0.25) is 0 Å². The fourth-order valence-electron chi connectivity index (χ4n) is 2.33. The van der Waals surface area contributed by atoms with Crippen molar-refractivity contribution >= 4 is 5.69 Å². The summed E-state index contributed by atoms with van der Waals surface area (Å²) in [6, 6.07) is 20.0. The lowest BCUT2D eigenvalue weighted by molar-refractivity contribution is 0.514. The monoisotopic (exact) mass is 282 g/mol. The van der Waals surface area contributed by atoms with Crippen LogP contribution in [0.1, 0.15) is 24.5 Å². The largest absolute Gasteiger partial charge is 0.378 e. The second-order valence-corrected chi connectivity index (χ2v) is 5.87. The summed E-state index contributed by atoms with van der Waals surface area (Å²) in [6.45, 7) is 3.20. The van der Waals surface area contributed by atoms with E-state index in [2.05, 4.69) is 85.8 Å². The van der Waals surface area contributed by atoms with E-state index in [4.69, 9.17) is 0 Å². The fourth-order valence-corrected chi connectivity index (χ4v) is 2.33. The average Bonchev–Trinajstić information content (AvgIpc) is 2.52. The number of rotatable bonds is 7. The molecular weight excluding hydrogens is 256 g/mol. The highest BCUT2D eigenvalue weighted by molar-refractivity contribution is 5.45. The molecule has 21 heavy (non-hydrogen) atoms. The predicted molar refractivity (Wildman–Crippen MR) is 91.8 cm³/mol. The Balaban J connectivity index is 1.74. The molecule has 0 radical (unpaired) electrons. The van der Waals surface area contributed by atoms with Crippen molar-refractivity contribution in [2.24, 2.45) is 0 Å². The number of nitrogens with one attached hydrogen (secondary N) is 1. The first-order valence-corrected chi connectivity index (χ1v) is 7.69. The molecule has 0 aliphatic rings. The van der Waals surface area contributed by atoms with Gasteiger partial charge in [-0.15, -0.1) is 0 Å². The molecule has 0 fully saturated rings. The molecule has 0 unspecified atom stereocenters. The molecule has 0 saturated heterocycles. The first-order valence-electron chi connectivity index (χ1n) is 7.69. The second kappa shape index (κ2) is 7.84. The van der Waals surface area contributed by atoms with Gasteiger partial charge in [0.15, 0.2) is 0 Å². The van der Waals surface area contributed by atoms with Crippen LogP contribution in [0, 0.1) is 0 Å². The summed E-state index contributed by atoms with van der Waals surface area (Å²) in [7, 11) is 4.14. The minimum Gasteiger partial charge on any atom is -0.378 e. The molecule has 1 atom stereocenters. The number of aryl methyl sites for hydroxylation is 1. The summed E-state index contributed by atoms with van der Waals surface area (Å²) >= 11 is 0. The summed E-state index contributed by atoms with van der Waals surface area (Å²) < 4.78 is 0. The van der Waals surface area contributed by atoms with Crippen LogP contribution in [-0.4, -0.2) is 20.1 Å². The topological polar surface area (TPSA) is 15.3 Å². The van der Waals surface area contributed by atoms with Gasteiger partial charge in [0, 0.05) is 32.4 Å². The van der Waals surface area contributed by atoms with Crippen LogP contribution >= 0.6 is 0 Å². The van der Waals surface area contributed by atoms with Gasteiger partial charge in [-0.25, -0.2) is 0 Å². The van der Waals surface area contributed by atoms with Gasteiger partial charge in [-0.05, 0) is 43.0 Å². The minimum atomic E-state index is 0.527. The van der Waals surface area contributed by atoms with Gasteiger partial charge < -0.3 is 10.2 Å². The average molecular weight is 282 g/mol. The minimum absolute atomic E-state index is 0.527. The molecule has 2 rings (SSSR count). The Hall–Kier alpha value is -1.80. The van der Waals surface area contributed by atoms with Gasteiger partial charge >= 0.3 is 0 Å². The molecule has 0 aliphatic heterocycles. The summed E-state index contributed by atoms with van der Waals surface area (Å²) in [5.41, 5.74) is 4.00. The molecule has 0 heterocycles. The summed E-state index contributed by atoms with van der Waals surface area (Å²) in [4.78, 5) is 2.12. The molecule has 112 valence electrons. The Morgan fingerprint density at radius 2 is 1.57 bits per heavy atom. The molecule has 0 saturated carbocycles.